The molecule has 2 rings (SSSR count). The summed E-state index contributed by atoms with van der Waals surface area (Å²) in [5.74, 6) is -0.0429. The van der Waals surface area contributed by atoms with Gasteiger partial charge in [-0.1, -0.05) is 12.1 Å². The molecule has 0 aliphatic carbocycles. The fraction of sp³-hybridized carbons (Fsp3) is 0.0909. The van der Waals surface area contributed by atoms with E-state index in [4.69, 9.17) is 0 Å². The lowest BCUT2D eigenvalue weighted by Crippen LogP contribution is -1.82. The van der Waals surface area contributed by atoms with Crippen LogP contribution in [-0.2, 0) is 0 Å². The predicted molar refractivity (Wildman–Crippen MR) is 50.3 cm³/mol. The van der Waals surface area contributed by atoms with E-state index in [2.05, 4.69) is 0 Å². The Morgan fingerprint density at radius 2 is 1.85 bits per heavy atom. The average molecular weight is 176 g/mol. The number of benzene rings is 2. The van der Waals surface area contributed by atoms with E-state index in [1.54, 1.807) is 25.1 Å². The molecule has 0 spiro atoms. The van der Waals surface area contributed by atoms with E-state index < -0.39 is 0 Å². The van der Waals surface area contributed by atoms with Crippen molar-refractivity contribution in [2.75, 3.05) is 0 Å². The Kier molecular flexibility index (Phi) is 1.69. The number of halogens is 1. The van der Waals surface area contributed by atoms with Gasteiger partial charge in [0, 0.05) is 5.39 Å². The molecule has 0 bridgehead atoms. The molecule has 0 radical (unpaired) electrons. The number of hydrogen-bond donors (Lipinski definition) is 1. The summed E-state index contributed by atoms with van der Waals surface area (Å²) >= 11 is 0. The summed E-state index contributed by atoms with van der Waals surface area (Å²) in [7, 11) is 0. The number of rotatable bonds is 0. The lowest BCUT2D eigenvalue weighted by molar-refractivity contribution is 0.472. The molecular formula is C11H9FO. The van der Waals surface area contributed by atoms with Gasteiger partial charge in [-0.25, -0.2) is 4.39 Å². The van der Waals surface area contributed by atoms with Crippen molar-refractivity contribution in [3.8, 4) is 5.75 Å². The van der Waals surface area contributed by atoms with E-state index in [1.807, 2.05) is 0 Å². The lowest BCUT2D eigenvalue weighted by atomic mass is 10.0. The topological polar surface area (TPSA) is 20.2 Å². The molecule has 0 atom stereocenters. The summed E-state index contributed by atoms with van der Waals surface area (Å²) in [5, 5.41) is 10.7. The SMILES string of the molecule is Cc1c(O)ccc2c(F)cccc12. The van der Waals surface area contributed by atoms with Crippen LogP contribution >= 0.6 is 0 Å². The zero-order chi connectivity index (χ0) is 9.42. The van der Waals surface area contributed by atoms with Crippen LogP contribution in [0.3, 0.4) is 0 Å². The van der Waals surface area contributed by atoms with Crippen LogP contribution in [0.5, 0.6) is 5.75 Å². The number of aryl methyl sites for hydroxylation is 1. The van der Waals surface area contributed by atoms with E-state index in [0.29, 0.717) is 5.39 Å². The third-order valence-electron chi connectivity index (χ3n) is 2.25. The first-order valence-electron chi connectivity index (χ1n) is 4.07. The van der Waals surface area contributed by atoms with Gasteiger partial charge in [-0.05, 0) is 36.1 Å². The number of hydrogen-bond acceptors (Lipinski definition) is 1. The number of phenolic OH excluding ortho intramolecular Hbond substituents is 1. The van der Waals surface area contributed by atoms with Crippen molar-refractivity contribution in [2.24, 2.45) is 0 Å². The minimum Gasteiger partial charge on any atom is -0.508 e. The van der Waals surface area contributed by atoms with Crippen LogP contribution in [0.2, 0.25) is 0 Å². The molecular weight excluding hydrogens is 167 g/mol. The Bertz CT molecular complexity index is 463. The maximum atomic E-state index is 13.2. The molecule has 66 valence electrons. The molecule has 2 aromatic rings. The zero-order valence-electron chi connectivity index (χ0n) is 7.21. The summed E-state index contributed by atoms with van der Waals surface area (Å²) in [6.45, 7) is 1.77. The molecule has 1 N–H and O–H groups in total. The molecule has 13 heavy (non-hydrogen) atoms. The lowest BCUT2D eigenvalue weighted by Gasteiger charge is -2.04. The van der Waals surface area contributed by atoms with Gasteiger partial charge in [0.15, 0.2) is 0 Å². The first-order valence-corrected chi connectivity index (χ1v) is 4.07. The molecule has 2 heteroatoms. The van der Waals surface area contributed by atoms with Gasteiger partial charge in [0.1, 0.15) is 11.6 Å². The summed E-state index contributed by atoms with van der Waals surface area (Å²) < 4.78 is 13.2. The van der Waals surface area contributed by atoms with Gasteiger partial charge < -0.3 is 5.11 Å². The minimum absolute atomic E-state index is 0.207. The molecule has 0 saturated carbocycles. The van der Waals surface area contributed by atoms with Crippen LogP contribution in [0, 0.1) is 12.7 Å². The quantitative estimate of drug-likeness (QED) is 0.654. The van der Waals surface area contributed by atoms with Gasteiger partial charge in [-0.2, -0.15) is 0 Å². The number of fused-ring (bicyclic) bond motifs is 1. The fourth-order valence-corrected chi connectivity index (χ4v) is 1.46. The van der Waals surface area contributed by atoms with Crippen molar-refractivity contribution in [3.05, 3.63) is 41.7 Å². The zero-order valence-corrected chi connectivity index (χ0v) is 7.21. The third kappa shape index (κ3) is 1.15. The minimum atomic E-state index is -0.249. The summed E-state index contributed by atoms with van der Waals surface area (Å²) in [6.07, 6.45) is 0. The van der Waals surface area contributed by atoms with Crippen molar-refractivity contribution in [3.63, 3.8) is 0 Å². The molecule has 2 aromatic carbocycles. The molecule has 0 saturated heterocycles. The van der Waals surface area contributed by atoms with Crippen LogP contribution < -0.4 is 0 Å². The monoisotopic (exact) mass is 176 g/mol. The highest BCUT2D eigenvalue weighted by atomic mass is 19.1. The van der Waals surface area contributed by atoms with Gasteiger partial charge in [-0.3, -0.25) is 0 Å². The van der Waals surface area contributed by atoms with E-state index in [-0.39, 0.29) is 11.6 Å². The highest BCUT2D eigenvalue weighted by molar-refractivity contribution is 5.87. The second-order valence-corrected chi connectivity index (χ2v) is 3.04. The fourth-order valence-electron chi connectivity index (χ4n) is 1.46. The van der Waals surface area contributed by atoms with Crippen molar-refractivity contribution in [1.29, 1.82) is 0 Å². The predicted octanol–water partition coefficient (Wildman–Crippen LogP) is 2.99. The van der Waals surface area contributed by atoms with Gasteiger partial charge in [-0.15, -0.1) is 0 Å². The van der Waals surface area contributed by atoms with Crippen LogP contribution in [0.15, 0.2) is 30.3 Å². The molecule has 0 heterocycles. The molecule has 0 fully saturated rings. The highest BCUT2D eigenvalue weighted by Crippen LogP contribution is 2.27. The molecule has 0 aliphatic rings. The Morgan fingerprint density at radius 1 is 1.08 bits per heavy atom. The molecule has 1 nitrogen and oxygen atoms in total. The molecule has 0 unspecified atom stereocenters. The van der Waals surface area contributed by atoms with Crippen molar-refractivity contribution in [1.82, 2.24) is 0 Å². The largest absolute Gasteiger partial charge is 0.508 e. The second-order valence-electron chi connectivity index (χ2n) is 3.04. The Balaban J connectivity index is 2.94. The number of aromatic hydroxyl groups is 1. The second kappa shape index (κ2) is 2.73. The van der Waals surface area contributed by atoms with Crippen molar-refractivity contribution >= 4 is 10.8 Å². The van der Waals surface area contributed by atoms with Gasteiger partial charge in [0.25, 0.3) is 0 Å². The number of phenols is 1. The van der Waals surface area contributed by atoms with E-state index in [1.165, 1.54) is 12.1 Å². The van der Waals surface area contributed by atoms with Crippen LogP contribution in [0.25, 0.3) is 10.8 Å². The molecule has 0 aliphatic heterocycles. The van der Waals surface area contributed by atoms with Crippen LogP contribution in [-0.4, -0.2) is 5.11 Å². The smallest absolute Gasteiger partial charge is 0.131 e. The van der Waals surface area contributed by atoms with E-state index in [0.717, 1.165) is 10.9 Å². The Hall–Kier alpha value is -1.57. The van der Waals surface area contributed by atoms with Crippen molar-refractivity contribution in [2.45, 2.75) is 6.92 Å². The molecule has 0 aromatic heterocycles. The highest BCUT2D eigenvalue weighted by Gasteiger charge is 2.04. The summed E-state index contributed by atoms with van der Waals surface area (Å²) in [6, 6.07) is 7.96. The maximum absolute atomic E-state index is 13.2. The maximum Gasteiger partial charge on any atom is 0.131 e. The summed E-state index contributed by atoms with van der Waals surface area (Å²) in [5.41, 5.74) is 0.719. The summed E-state index contributed by atoms with van der Waals surface area (Å²) in [4.78, 5) is 0. The Labute approximate surface area is 75.4 Å². The van der Waals surface area contributed by atoms with Gasteiger partial charge >= 0.3 is 0 Å². The van der Waals surface area contributed by atoms with Crippen LogP contribution in [0.4, 0.5) is 4.39 Å². The first-order chi connectivity index (χ1) is 6.20. The van der Waals surface area contributed by atoms with Crippen molar-refractivity contribution < 1.29 is 9.50 Å². The Morgan fingerprint density at radius 3 is 2.62 bits per heavy atom. The standard InChI is InChI=1S/C11H9FO/c1-7-8-3-2-4-10(12)9(8)5-6-11(7)13/h2-6,13H,1H3. The third-order valence-corrected chi connectivity index (χ3v) is 2.25. The van der Waals surface area contributed by atoms with E-state index >= 15 is 0 Å². The average Bonchev–Trinajstić information content (AvgIpc) is 2.12. The normalized spacial score (nSPS) is 10.6. The van der Waals surface area contributed by atoms with Crippen LogP contribution in [0.1, 0.15) is 5.56 Å². The van der Waals surface area contributed by atoms with E-state index in [9.17, 15) is 9.50 Å². The first kappa shape index (κ1) is 8.05. The molecule has 0 amide bonds. The van der Waals surface area contributed by atoms with Gasteiger partial charge in [0.2, 0.25) is 0 Å². The van der Waals surface area contributed by atoms with Gasteiger partial charge in [0.05, 0.1) is 0 Å².